The summed E-state index contributed by atoms with van der Waals surface area (Å²) >= 11 is 0. The number of aliphatic carboxylic acids is 1. The normalized spacial score (nSPS) is 11.5. The van der Waals surface area contributed by atoms with E-state index in [0.717, 1.165) is 12.8 Å². The number of nitrogens with one attached hydrogen (secondary N) is 1. The molecule has 0 aliphatic rings. The van der Waals surface area contributed by atoms with Gasteiger partial charge in [0.15, 0.2) is 0 Å². The molecule has 0 saturated heterocycles. The highest BCUT2D eigenvalue weighted by molar-refractivity contribution is 5.86. The van der Waals surface area contributed by atoms with Crippen LogP contribution in [-0.4, -0.2) is 51.8 Å². The van der Waals surface area contributed by atoms with Crippen molar-refractivity contribution in [3.05, 3.63) is 0 Å². The number of carboxylic acid groups (broad SMARTS) is 1. The lowest BCUT2D eigenvalue weighted by atomic mass is 9.93. The number of aliphatic hydroxyl groups excluding tert-OH is 1. The van der Waals surface area contributed by atoms with Crippen molar-refractivity contribution in [1.82, 2.24) is 10.2 Å². The Balaban J connectivity index is 5.11. The number of carboxylic acids is 1. The zero-order valence-corrected chi connectivity index (χ0v) is 13.0. The van der Waals surface area contributed by atoms with E-state index >= 15 is 0 Å². The third-order valence-electron chi connectivity index (χ3n) is 3.95. The molecule has 0 radical (unpaired) electrons. The number of carbonyl (C=O) groups is 2. The van der Waals surface area contributed by atoms with Crippen LogP contribution in [0.5, 0.6) is 0 Å². The molecule has 20 heavy (non-hydrogen) atoms. The summed E-state index contributed by atoms with van der Waals surface area (Å²) in [5.41, 5.74) is -1.24. The molecular weight excluding hydrogens is 260 g/mol. The van der Waals surface area contributed by atoms with Gasteiger partial charge in [-0.1, -0.05) is 27.7 Å². The average Bonchev–Trinajstić information content (AvgIpc) is 2.44. The van der Waals surface area contributed by atoms with E-state index in [1.165, 1.54) is 4.90 Å². The maximum absolute atomic E-state index is 12.4. The minimum atomic E-state index is -1.24. The zero-order chi connectivity index (χ0) is 15.8. The molecule has 0 aliphatic heterocycles. The minimum absolute atomic E-state index is 0.00218. The fourth-order valence-corrected chi connectivity index (χ4v) is 2.35. The smallest absolute Gasteiger partial charge is 0.329 e. The van der Waals surface area contributed by atoms with E-state index in [0.29, 0.717) is 12.8 Å². The average molecular weight is 288 g/mol. The molecule has 0 saturated carbocycles. The minimum Gasteiger partial charge on any atom is -0.480 e. The molecule has 6 nitrogen and oxygen atoms in total. The summed E-state index contributed by atoms with van der Waals surface area (Å²) in [5.74, 6) is -1.02. The predicted molar refractivity (Wildman–Crippen MR) is 77.6 cm³/mol. The Morgan fingerprint density at radius 2 is 1.65 bits per heavy atom. The van der Waals surface area contributed by atoms with Crippen LogP contribution in [-0.2, 0) is 4.79 Å². The third kappa shape index (κ3) is 4.37. The number of nitrogens with zero attached hydrogens (tertiary/aromatic N) is 1. The fourth-order valence-electron chi connectivity index (χ4n) is 2.35. The van der Waals surface area contributed by atoms with Crippen LogP contribution in [0.25, 0.3) is 0 Å². The summed E-state index contributed by atoms with van der Waals surface area (Å²) in [6.45, 7) is 7.49. The van der Waals surface area contributed by atoms with Crippen LogP contribution in [0.3, 0.4) is 0 Å². The topological polar surface area (TPSA) is 89.9 Å². The van der Waals surface area contributed by atoms with Crippen molar-refractivity contribution >= 4 is 12.0 Å². The van der Waals surface area contributed by atoms with Gasteiger partial charge in [-0.05, 0) is 25.7 Å². The number of hydrogen-bond donors (Lipinski definition) is 3. The van der Waals surface area contributed by atoms with Crippen LogP contribution in [0.4, 0.5) is 4.79 Å². The van der Waals surface area contributed by atoms with Crippen molar-refractivity contribution < 1.29 is 19.8 Å². The summed E-state index contributed by atoms with van der Waals surface area (Å²) in [4.78, 5) is 25.3. The van der Waals surface area contributed by atoms with Gasteiger partial charge in [0.25, 0.3) is 0 Å². The molecule has 0 unspecified atom stereocenters. The number of carbonyl (C=O) groups excluding carboxylic acids is 1. The van der Waals surface area contributed by atoms with Gasteiger partial charge in [0.2, 0.25) is 0 Å². The van der Waals surface area contributed by atoms with Gasteiger partial charge in [0, 0.05) is 12.6 Å². The maximum Gasteiger partial charge on any atom is 0.329 e. The first-order chi connectivity index (χ1) is 9.42. The molecule has 0 aromatic rings. The molecule has 0 aliphatic carbocycles. The fraction of sp³-hybridized carbons (Fsp3) is 0.857. The summed E-state index contributed by atoms with van der Waals surface area (Å²) in [6.07, 6.45) is 2.17. The number of aliphatic hydroxyl groups is 1. The molecule has 0 fully saturated rings. The van der Waals surface area contributed by atoms with Crippen molar-refractivity contribution in [2.75, 3.05) is 13.2 Å². The van der Waals surface area contributed by atoms with E-state index < -0.39 is 17.5 Å². The van der Waals surface area contributed by atoms with Crippen LogP contribution < -0.4 is 5.32 Å². The second kappa shape index (κ2) is 8.79. The van der Waals surface area contributed by atoms with Gasteiger partial charge >= 0.3 is 12.0 Å². The van der Waals surface area contributed by atoms with Gasteiger partial charge in [-0.15, -0.1) is 0 Å². The van der Waals surface area contributed by atoms with E-state index in [2.05, 4.69) is 5.32 Å². The van der Waals surface area contributed by atoms with Crippen LogP contribution in [0, 0.1) is 0 Å². The molecule has 0 atom stereocenters. The van der Waals surface area contributed by atoms with Crippen LogP contribution in [0.15, 0.2) is 0 Å². The van der Waals surface area contributed by atoms with Crippen LogP contribution in [0.2, 0.25) is 0 Å². The van der Waals surface area contributed by atoms with Gasteiger partial charge in [0.1, 0.15) is 5.54 Å². The predicted octanol–water partition coefficient (Wildman–Crippen LogP) is 1.82. The number of hydrogen-bond acceptors (Lipinski definition) is 3. The first-order valence-electron chi connectivity index (χ1n) is 7.35. The molecule has 0 spiro atoms. The Kier molecular flexibility index (Phi) is 8.22. The van der Waals surface area contributed by atoms with Crippen molar-refractivity contribution in [2.45, 2.75) is 65.0 Å². The standard InChI is InChI=1S/C14H28N2O4/c1-5-11(6-2)16(9-10-17)13(20)15-14(7-3,8-4)12(18)19/h11,17H,5-10H2,1-4H3,(H,15,20)(H,18,19). The number of urea groups is 1. The number of rotatable bonds is 9. The molecule has 6 heteroatoms. The van der Waals surface area contributed by atoms with E-state index in [4.69, 9.17) is 5.11 Å². The number of amides is 2. The second-order valence-electron chi connectivity index (χ2n) is 4.91. The molecular formula is C14H28N2O4. The molecule has 118 valence electrons. The third-order valence-corrected chi connectivity index (χ3v) is 3.95. The Morgan fingerprint density at radius 1 is 1.15 bits per heavy atom. The Labute approximate surface area is 121 Å². The Morgan fingerprint density at radius 3 is 1.95 bits per heavy atom. The van der Waals surface area contributed by atoms with Gasteiger partial charge < -0.3 is 20.4 Å². The molecule has 0 heterocycles. The monoisotopic (exact) mass is 288 g/mol. The lowest BCUT2D eigenvalue weighted by molar-refractivity contribution is -0.144. The van der Waals surface area contributed by atoms with Crippen molar-refractivity contribution in [2.24, 2.45) is 0 Å². The first kappa shape index (κ1) is 18.7. The SMILES string of the molecule is CCC(CC)N(CCO)C(=O)NC(CC)(CC)C(=O)O. The Bertz CT molecular complexity index is 312. The van der Waals surface area contributed by atoms with Gasteiger partial charge in [-0.2, -0.15) is 0 Å². The van der Waals surface area contributed by atoms with Crippen LogP contribution in [0.1, 0.15) is 53.4 Å². The van der Waals surface area contributed by atoms with E-state index in [9.17, 15) is 14.7 Å². The van der Waals surface area contributed by atoms with Gasteiger partial charge in [-0.3, -0.25) is 0 Å². The van der Waals surface area contributed by atoms with E-state index in [1.54, 1.807) is 13.8 Å². The molecule has 0 aromatic heterocycles. The highest BCUT2D eigenvalue weighted by Gasteiger charge is 2.38. The molecule has 3 N–H and O–H groups in total. The lowest BCUT2D eigenvalue weighted by Gasteiger charge is -2.35. The van der Waals surface area contributed by atoms with E-state index in [-0.39, 0.29) is 19.2 Å². The summed E-state index contributed by atoms with van der Waals surface area (Å²) in [6, 6.07) is -0.416. The quantitative estimate of drug-likeness (QED) is 0.603. The van der Waals surface area contributed by atoms with Crippen LogP contribution >= 0.6 is 0 Å². The molecule has 0 rings (SSSR count). The summed E-state index contributed by atoms with van der Waals surface area (Å²) in [5, 5.41) is 21.1. The summed E-state index contributed by atoms with van der Waals surface area (Å²) < 4.78 is 0. The van der Waals surface area contributed by atoms with Gasteiger partial charge in [-0.25, -0.2) is 9.59 Å². The van der Waals surface area contributed by atoms with E-state index in [1.807, 2.05) is 13.8 Å². The highest BCUT2D eigenvalue weighted by atomic mass is 16.4. The zero-order valence-electron chi connectivity index (χ0n) is 13.0. The summed E-state index contributed by atoms with van der Waals surface area (Å²) in [7, 11) is 0. The molecule has 2 amide bonds. The first-order valence-corrected chi connectivity index (χ1v) is 7.35. The Hall–Kier alpha value is -1.30. The van der Waals surface area contributed by atoms with Crippen molar-refractivity contribution in [3.8, 4) is 0 Å². The molecule has 0 bridgehead atoms. The van der Waals surface area contributed by atoms with Gasteiger partial charge in [0.05, 0.1) is 6.61 Å². The second-order valence-corrected chi connectivity index (χ2v) is 4.91. The highest BCUT2D eigenvalue weighted by Crippen LogP contribution is 2.17. The largest absolute Gasteiger partial charge is 0.480 e. The van der Waals surface area contributed by atoms with Crippen molar-refractivity contribution in [1.29, 1.82) is 0 Å². The maximum atomic E-state index is 12.4. The molecule has 0 aromatic carbocycles. The van der Waals surface area contributed by atoms with Crippen molar-refractivity contribution in [3.63, 3.8) is 0 Å². The lowest BCUT2D eigenvalue weighted by Crippen LogP contribution is -2.59.